The summed E-state index contributed by atoms with van der Waals surface area (Å²) in [7, 11) is 0. The first kappa shape index (κ1) is 10.9. The van der Waals surface area contributed by atoms with Gasteiger partial charge in [0.05, 0.1) is 11.7 Å². The van der Waals surface area contributed by atoms with E-state index in [9.17, 15) is 18.0 Å². The maximum Gasteiger partial charge on any atom is 0.389 e. The number of hydrogen-bond acceptors (Lipinski definition) is 2. The van der Waals surface area contributed by atoms with Crippen molar-refractivity contribution in [2.75, 3.05) is 5.75 Å². The average Bonchev–Trinajstić information content (AvgIpc) is 2.50. The van der Waals surface area contributed by atoms with Crippen LogP contribution in [0.1, 0.15) is 25.7 Å². The molecule has 1 fully saturated rings. The van der Waals surface area contributed by atoms with Crippen molar-refractivity contribution in [2.24, 2.45) is 0 Å². The summed E-state index contributed by atoms with van der Waals surface area (Å²) in [5.74, 6) is 0.669. The molecule has 76 valence electrons. The lowest BCUT2D eigenvalue weighted by molar-refractivity contribution is -0.143. The fourth-order valence-electron chi connectivity index (χ4n) is 1.26. The smallest absolute Gasteiger partial charge is 0.298 e. The Morgan fingerprint density at radius 3 is 2.62 bits per heavy atom. The Hall–Kier alpha value is -0.190. The number of thioether (sulfide) groups is 1. The van der Waals surface area contributed by atoms with Crippen LogP contribution in [-0.2, 0) is 4.79 Å². The molecular formula is C8H11F3OS. The zero-order chi connectivity index (χ0) is 9.90. The van der Waals surface area contributed by atoms with Crippen LogP contribution in [0, 0.1) is 0 Å². The third kappa shape index (κ3) is 4.02. The van der Waals surface area contributed by atoms with Gasteiger partial charge in [0.25, 0.3) is 0 Å². The molecule has 0 N–H and O–H groups in total. The number of ketones is 1. The molecule has 0 bridgehead atoms. The Morgan fingerprint density at radius 2 is 2.15 bits per heavy atom. The first-order chi connectivity index (χ1) is 5.99. The Morgan fingerprint density at radius 1 is 1.46 bits per heavy atom. The maximum absolute atomic E-state index is 11.7. The van der Waals surface area contributed by atoms with Crippen molar-refractivity contribution in [1.82, 2.24) is 0 Å². The van der Waals surface area contributed by atoms with Gasteiger partial charge in [-0.1, -0.05) is 0 Å². The van der Waals surface area contributed by atoms with E-state index in [0.717, 1.165) is 18.6 Å². The fourth-order valence-corrected chi connectivity index (χ4v) is 2.51. The Kier molecular flexibility index (Phi) is 3.64. The zero-order valence-electron chi connectivity index (χ0n) is 7.06. The van der Waals surface area contributed by atoms with Crippen LogP contribution in [0.2, 0.25) is 0 Å². The topological polar surface area (TPSA) is 17.1 Å². The number of carbonyl (C=O) groups excluding carboxylic acids is 1. The Balaban J connectivity index is 2.25. The van der Waals surface area contributed by atoms with Gasteiger partial charge in [0, 0.05) is 6.42 Å². The molecule has 0 aromatic carbocycles. The Bertz CT molecular complexity index is 184. The lowest BCUT2D eigenvalue weighted by atomic mass is 10.1. The molecule has 5 heteroatoms. The van der Waals surface area contributed by atoms with Crippen molar-refractivity contribution in [1.29, 1.82) is 0 Å². The van der Waals surface area contributed by atoms with Gasteiger partial charge in [-0.2, -0.15) is 24.9 Å². The van der Waals surface area contributed by atoms with Gasteiger partial charge in [0.2, 0.25) is 0 Å². The van der Waals surface area contributed by atoms with E-state index in [-0.39, 0.29) is 17.5 Å². The summed E-state index contributed by atoms with van der Waals surface area (Å²) >= 11 is 1.48. The minimum Gasteiger partial charge on any atom is -0.298 e. The molecule has 0 aromatic heterocycles. The fraction of sp³-hybridized carbons (Fsp3) is 0.875. The van der Waals surface area contributed by atoms with Gasteiger partial charge in [0.1, 0.15) is 5.78 Å². The van der Waals surface area contributed by atoms with Gasteiger partial charge < -0.3 is 0 Å². The number of Topliss-reactive ketones (excluding diaryl/α,β-unsaturated/α-hetero) is 1. The largest absolute Gasteiger partial charge is 0.389 e. The predicted octanol–water partition coefficient (Wildman–Crippen LogP) is 2.79. The number of alkyl halides is 3. The SMILES string of the molecule is O=C(CCC(F)(F)F)C1CCCS1. The lowest BCUT2D eigenvalue weighted by Gasteiger charge is -2.08. The highest BCUT2D eigenvalue weighted by atomic mass is 32.2. The van der Waals surface area contributed by atoms with Crippen LogP contribution >= 0.6 is 11.8 Å². The van der Waals surface area contributed by atoms with Gasteiger partial charge in [-0.3, -0.25) is 4.79 Å². The molecule has 1 heterocycles. The first-order valence-corrected chi connectivity index (χ1v) is 5.25. The second kappa shape index (κ2) is 4.35. The van der Waals surface area contributed by atoms with Crippen molar-refractivity contribution in [3.63, 3.8) is 0 Å². The van der Waals surface area contributed by atoms with E-state index in [4.69, 9.17) is 0 Å². The Labute approximate surface area is 79.1 Å². The molecule has 1 unspecified atom stereocenters. The van der Waals surface area contributed by atoms with Gasteiger partial charge in [-0.25, -0.2) is 0 Å². The quantitative estimate of drug-likeness (QED) is 0.715. The van der Waals surface area contributed by atoms with Crippen LogP contribution in [-0.4, -0.2) is 23.0 Å². The highest BCUT2D eigenvalue weighted by Crippen LogP contribution is 2.29. The maximum atomic E-state index is 11.7. The van der Waals surface area contributed by atoms with Gasteiger partial charge in [0.15, 0.2) is 0 Å². The molecule has 1 rings (SSSR count). The van der Waals surface area contributed by atoms with Crippen LogP contribution < -0.4 is 0 Å². The summed E-state index contributed by atoms with van der Waals surface area (Å²) in [6.45, 7) is 0. The third-order valence-electron chi connectivity index (χ3n) is 1.94. The molecule has 1 aliphatic rings. The van der Waals surface area contributed by atoms with E-state index in [1.165, 1.54) is 11.8 Å². The number of halogens is 3. The first-order valence-electron chi connectivity index (χ1n) is 4.20. The van der Waals surface area contributed by atoms with Crippen LogP contribution in [0.15, 0.2) is 0 Å². The van der Waals surface area contributed by atoms with Crippen molar-refractivity contribution in [3.8, 4) is 0 Å². The molecule has 0 aromatic rings. The van der Waals surface area contributed by atoms with Crippen molar-refractivity contribution < 1.29 is 18.0 Å². The second-order valence-electron chi connectivity index (χ2n) is 3.08. The summed E-state index contributed by atoms with van der Waals surface area (Å²) in [6, 6.07) is 0. The summed E-state index contributed by atoms with van der Waals surface area (Å²) in [5, 5.41) is -0.164. The number of hydrogen-bond donors (Lipinski definition) is 0. The van der Waals surface area contributed by atoms with E-state index in [0.29, 0.717) is 0 Å². The van der Waals surface area contributed by atoms with Crippen LogP contribution in [0.4, 0.5) is 13.2 Å². The molecule has 1 atom stereocenters. The highest BCUT2D eigenvalue weighted by Gasteiger charge is 2.30. The molecule has 0 spiro atoms. The van der Waals surface area contributed by atoms with E-state index < -0.39 is 12.6 Å². The van der Waals surface area contributed by atoms with Crippen molar-refractivity contribution in [3.05, 3.63) is 0 Å². The van der Waals surface area contributed by atoms with Crippen molar-refractivity contribution in [2.45, 2.75) is 37.1 Å². The minimum atomic E-state index is -4.20. The number of rotatable bonds is 3. The highest BCUT2D eigenvalue weighted by molar-refractivity contribution is 8.00. The standard InChI is InChI=1S/C8H11F3OS/c9-8(10,11)4-3-6(12)7-2-1-5-13-7/h7H,1-5H2. The molecule has 1 saturated heterocycles. The summed E-state index contributed by atoms with van der Waals surface area (Å²) in [4.78, 5) is 11.2. The van der Waals surface area contributed by atoms with E-state index in [2.05, 4.69) is 0 Å². The van der Waals surface area contributed by atoms with E-state index >= 15 is 0 Å². The van der Waals surface area contributed by atoms with Crippen molar-refractivity contribution >= 4 is 17.5 Å². The van der Waals surface area contributed by atoms with Crippen LogP contribution in [0.3, 0.4) is 0 Å². The summed E-state index contributed by atoms with van der Waals surface area (Å²) < 4.78 is 35.2. The van der Waals surface area contributed by atoms with Gasteiger partial charge in [-0.15, -0.1) is 0 Å². The molecule has 1 aliphatic heterocycles. The average molecular weight is 212 g/mol. The normalized spacial score (nSPS) is 23.5. The van der Waals surface area contributed by atoms with Crippen LogP contribution in [0.5, 0.6) is 0 Å². The van der Waals surface area contributed by atoms with Crippen LogP contribution in [0.25, 0.3) is 0 Å². The molecule has 0 saturated carbocycles. The monoisotopic (exact) mass is 212 g/mol. The predicted molar refractivity (Wildman–Crippen MR) is 45.8 cm³/mol. The second-order valence-corrected chi connectivity index (χ2v) is 4.39. The molecule has 0 aliphatic carbocycles. The molecular weight excluding hydrogens is 201 g/mol. The van der Waals surface area contributed by atoms with Gasteiger partial charge >= 0.3 is 6.18 Å². The number of carbonyl (C=O) groups is 1. The van der Waals surface area contributed by atoms with E-state index in [1.54, 1.807) is 0 Å². The molecule has 0 amide bonds. The van der Waals surface area contributed by atoms with Gasteiger partial charge in [-0.05, 0) is 18.6 Å². The minimum absolute atomic E-state index is 0.164. The lowest BCUT2D eigenvalue weighted by Crippen LogP contribution is -2.17. The molecule has 1 nitrogen and oxygen atoms in total. The third-order valence-corrected chi connectivity index (χ3v) is 3.37. The van der Waals surface area contributed by atoms with E-state index in [1.807, 2.05) is 0 Å². The molecule has 13 heavy (non-hydrogen) atoms. The molecule has 0 radical (unpaired) electrons. The zero-order valence-corrected chi connectivity index (χ0v) is 7.88. The summed E-state index contributed by atoms with van der Waals surface area (Å²) in [5.41, 5.74) is 0. The summed E-state index contributed by atoms with van der Waals surface area (Å²) in [6.07, 6.45) is -3.81.